The van der Waals surface area contributed by atoms with Gasteiger partial charge in [-0.05, 0) is 0 Å². The van der Waals surface area contributed by atoms with Gasteiger partial charge in [-0.15, -0.1) is 0 Å². The van der Waals surface area contributed by atoms with Crippen LogP contribution in [0.25, 0.3) is 0 Å². The van der Waals surface area contributed by atoms with Crippen LogP contribution in [-0.2, 0) is 0 Å². The minimum atomic E-state index is 0.163. The van der Waals surface area contributed by atoms with Crippen molar-refractivity contribution in [3.63, 3.8) is 0 Å². The Morgan fingerprint density at radius 2 is 2.64 bits per heavy atom. The maximum absolute atomic E-state index is 6.97. The first-order chi connectivity index (χ1) is 5.18. The Morgan fingerprint density at radius 3 is 3.09 bits per heavy atom. The Bertz CT molecular complexity index is 191. The van der Waals surface area contributed by atoms with E-state index >= 15 is 0 Å². The highest BCUT2D eigenvalue weighted by atomic mass is 32.2. The molecule has 0 aromatic carbocycles. The molecule has 0 bridgehead atoms. The lowest BCUT2D eigenvalue weighted by Gasteiger charge is -2.04. The first kappa shape index (κ1) is 8.73. The van der Waals surface area contributed by atoms with Gasteiger partial charge in [0.25, 0.3) is 0 Å². The number of nitrogens with zero attached hydrogens (tertiary/aromatic N) is 1. The average molecular weight is 190 g/mol. The van der Waals surface area contributed by atoms with Crippen LogP contribution in [0.1, 0.15) is 0 Å². The Labute approximate surface area is 73.7 Å². The van der Waals surface area contributed by atoms with Gasteiger partial charge in [-0.1, -0.05) is 23.5 Å². The van der Waals surface area contributed by atoms with Gasteiger partial charge in [0.2, 0.25) is 0 Å². The first-order valence-electron chi connectivity index (χ1n) is 3.12. The Morgan fingerprint density at radius 1 is 1.91 bits per heavy atom. The highest BCUT2D eigenvalue weighted by Crippen LogP contribution is 2.21. The van der Waals surface area contributed by atoms with Crippen LogP contribution in [0, 0.1) is 5.41 Å². The number of aliphatic imine (C=N–C) groups is 1. The van der Waals surface area contributed by atoms with Crippen LogP contribution >= 0.6 is 23.5 Å². The normalized spacial score (nSPS) is 23.3. The molecule has 0 amide bonds. The lowest BCUT2D eigenvalue weighted by Crippen LogP contribution is -2.13. The molecule has 0 radical (unpaired) electrons. The van der Waals surface area contributed by atoms with Crippen molar-refractivity contribution in [3.8, 4) is 0 Å². The van der Waals surface area contributed by atoms with Crippen molar-refractivity contribution in [2.45, 2.75) is 5.25 Å². The number of nitrogens with two attached hydrogens (primary N) is 2. The molecule has 0 aromatic heterocycles. The molecule has 1 atom stereocenters. The van der Waals surface area contributed by atoms with Crippen molar-refractivity contribution < 1.29 is 0 Å². The molecule has 11 heavy (non-hydrogen) atoms. The van der Waals surface area contributed by atoms with E-state index in [0.29, 0.717) is 10.4 Å². The average Bonchev–Trinajstić information content (AvgIpc) is 2.31. The summed E-state index contributed by atoms with van der Waals surface area (Å²) in [5, 5.41) is 8.19. The summed E-state index contributed by atoms with van der Waals surface area (Å²) in [7, 11) is 0. The molecule has 0 spiro atoms. The third kappa shape index (κ3) is 3.02. The van der Waals surface area contributed by atoms with E-state index in [0.717, 1.165) is 12.3 Å². The van der Waals surface area contributed by atoms with Gasteiger partial charge in [0, 0.05) is 11.0 Å². The molecule has 0 aromatic rings. The lowest BCUT2D eigenvalue weighted by molar-refractivity contribution is 0.988. The second kappa shape index (κ2) is 3.87. The summed E-state index contributed by atoms with van der Waals surface area (Å²) in [6.45, 7) is 0.761. The maximum atomic E-state index is 6.97. The molecule has 1 aliphatic heterocycles. The lowest BCUT2D eigenvalue weighted by atomic mass is 10.5. The molecular weight excluding hydrogens is 180 g/mol. The molecule has 0 aliphatic carbocycles. The van der Waals surface area contributed by atoms with Gasteiger partial charge >= 0.3 is 0 Å². The van der Waals surface area contributed by atoms with Gasteiger partial charge in [0.1, 0.15) is 0 Å². The summed E-state index contributed by atoms with van der Waals surface area (Å²) < 4.78 is 0. The smallest absolute Gasteiger partial charge is 0.154 e. The van der Waals surface area contributed by atoms with Gasteiger partial charge in [0.05, 0.1) is 6.54 Å². The largest absolute Gasteiger partial charge is 0.379 e. The second-order valence-corrected chi connectivity index (χ2v) is 4.48. The van der Waals surface area contributed by atoms with Gasteiger partial charge in [-0.2, -0.15) is 0 Å². The van der Waals surface area contributed by atoms with Crippen LogP contribution in [0.15, 0.2) is 4.99 Å². The fourth-order valence-electron chi connectivity index (χ4n) is 0.707. The zero-order valence-corrected chi connectivity index (χ0v) is 7.54. The summed E-state index contributed by atoms with van der Waals surface area (Å²) in [6.07, 6.45) is 0. The van der Waals surface area contributed by atoms with E-state index in [4.69, 9.17) is 16.9 Å². The quantitative estimate of drug-likeness (QED) is 0.424. The Hall–Kier alpha value is -0.360. The molecule has 1 heterocycles. The standard InChI is InChI=1S/C5H10N4S2/c6-4(7)10-2-3-1-9-5(8)11-3/h3H,1-2H2,(H3,6,7)(H2,8,9). The fraction of sp³-hybridized carbons (Fsp3) is 0.600. The van der Waals surface area contributed by atoms with Gasteiger partial charge < -0.3 is 11.5 Å². The highest BCUT2D eigenvalue weighted by molar-refractivity contribution is 8.17. The molecular formula is C5H10N4S2. The van der Waals surface area contributed by atoms with E-state index in [-0.39, 0.29) is 5.17 Å². The van der Waals surface area contributed by atoms with E-state index in [1.807, 2.05) is 0 Å². The van der Waals surface area contributed by atoms with Gasteiger partial charge in [-0.3, -0.25) is 10.4 Å². The van der Waals surface area contributed by atoms with Crippen molar-refractivity contribution in [1.29, 1.82) is 5.41 Å². The monoisotopic (exact) mass is 190 g/mol. The van der Waals surface area contributed by atoms with Crippen molar-refractivity contribution >= 4 is 33.9 Å². The van der Waals surface area contributed by atoms with Crippen molar-refractivity contribution in [3.05, 3.63) is 0 Å². The van der Waals surface area contributed by atoms with Gasteiger partial charge in [0.15, 0.2) is 10.3 Å². The minimum absolute atomic E-state index is 0.163. The summed E-state index contributed by atoms with van der Waals surface area (Å²) in [6, 6.07) is 0. The number of hydrogen-bond donors (Lipinski definition) is 3. The van der Waals surface area contributed by atoms with E-state index in [1.54, 1.807) is 11.8 Å². The van der Waals surface area contributed by atoms with Crippen molar-refractivity contribution in [2.24, 2.45) is 16.5 Å². The van der Waals surface area contributed by atoms with E-state index < -0.39 is 0 Å². The van der Waals surface area contributed by atoms with Crippen LogP contribution < -0.4 is 11.5 Å². The van der Waals surface area contributed by atoms with Crippen molar-refractivity contribution in [2.75, 3.05) is 12.3 Å². The molecule has 0 saturated carbocycles. The summed E-state index contributed by atoms with van der Waals surface area (Å²) in [4.78, 5) is 4.03. The molecule has 1 aliphatic rings. The maximum Gasteiger partial charge on any atom is 0.154 e. The fourth-order valence-corrected chi connectivity index (χ4v) is 2.29. The van der Waals surface area contributed by atoms with Crippen LogP contribution in [-0.4, -0.2) is 27.9 Å². The minimum Gasteiger partial charge on any atom is -0.379 e. The Balaban J connectivity index is 2.16. The van der Waals surface area contributed by atoms with Crippen molar-refractivity contribution in [1.82, 2.24) is 0 Å². The number of hydrogen-bond acceptors (Lipinski definition) is 5. The van der Waals surface area contributed by atoms with Crippen LogP contribution in [0.2, 0.25) is 0 Å². The van der Waals surface area contributed by atoms with E-state index in [2.05, 4.69) is 4.99 Å². The predicted molar refractivity (Wildman–Crippen MR) is 52.2 cm³/mol. The molecule has 0 saturated heterocycles. The Kier molecular flexibility index (Phi) is 3.07. The number of thioether (sulfide) groups is 2. The van der Waals surface area contributed by atoms with E-state index in [1.165, 1.54) is 11.8 Å². The van der Waals surface area contributed by atoms with E-state index in [9.17, 15) is 0 Å². The molecule has 1 rings (SSSR count). The molecule has 6 heteroatoms. The third-order valence-corrected chi connectivity index (χ3v) is 3.27. The zero-order chi connectivity index (χ0) is 8.27. The predicted octanol–water partition coefficient (Wildman–Crippen LogP) is 0.0432. The molecule has 4 nitrogen and oxygen atoms in total. The highest BCUT2D eigenvalue weighted by Gasteiger charge is 2.17. The third-order valence-electron chi connectivity index (χ3n) is 1.16. The van der Waals surface area contributed by atoms with Crippen LogP contribution in [0.5, 0.6) is 0 Å². The summed E-state index contributed by atoms with van der Waals surface area (Å²) in [5.41, 5.74) is 10.6. The zero-order valence-electron chi connectivity index (χ0n) is 5.91. The number of nitrogens with one attached hydrogen (secondary N) is 1. The van der Waals surface area contributed by atoms with Crippen LogP contribution in [0.3, 0.4) is 0 Å². The van der Waals surface area contributed by atoms with Gasteiger partial charge in [-0.25, -0.2) is 0 Å². The summed E-state index contributed by atoms with van der Waals surface area (Å²) >= 11 is 2.90. The number of amidine groups is 2. The first-order valence-corrected chi connectivity index (χ1v) is 4.98. The SMILES string of the molecule is N=C(N)SCC1CN=C(N)S1. The number of rotatable bonds is 2. The summed E-state index contributed by atoms with van der Waals surface area (Å²) in [5.74, 6) is 0.824. The van der Waals surface area contributed by atoms with Crippen LogP contribution in [0.4, 0.5) is 0 Å². The molecule has 1 unspecified atom stereocenters. The topological polar surface area (TPSA) is 88.2 Å². The molecule has 0 fully saturated rings. The molecule has 5 N–H and O–H groups in total. The second-order valence-electron chi connectivity index (χ2n) is 2.09. The molecule has 62 valence electrons.